The lowest BCUT2D eigenvalue weighted by Gasteiger charge is -1.92. The average Bonchev–Trinajstić information content (AvgIpc) is 2.64. The molecule has 1 aromatic carbocycles. The highest BCUT2D eigenvalue weighted by molar-refractivity contribution is 7.16. The molecule has 15 heavy (non-hydrogen) atoms. The van der Waals surface area contributed by atoms with Gasteiger partial charge in [0.15, 0.2) is 0 Å². The first kappa shape index (κ1) is 9.86. The molecule has 0 aliphatic heterocycles. The average molecular weight is 219 g/mol. The number of hydrogen-bond donors (Lipinski definition) is 1. The zero-order chi connectivity index (χ0) is 10.7. The van der Waals surface area contributed by atoms with E-state index < -0.39 is 5.97 Å². The van der Waals surface area contributed by atoms with Crippen molar-refractivity contribution >= 4 is 33.6 Å². The van der Waals surface area contributed by atoms with Gasteiger partial charge in [-0.2, -0.15) is 0 Å². The van der Waals surface area contributed by atoms with Gasteiger partial charge in [0.05, 0.1) is 22.1 Å². The predicted octanol–water partition coefficient (Wildman–Crippen LogP) is 2.78. The molecule has 0 unspecified atom stereocenters. The van der Waals surface area contributed by atoms with E-state index in [1.54, 1.807) is 22.9 Å². The van der Waals surface area contributed by atoms with Crippen LogP contribution in [0.25, 0.3) is 16.3 Å². The van der Waals surface area contributed by atoms with Gasteiger partial charge in [-0.05, 0) is 17.7 Å². The normalized spacial score (nSPS) is 11.2. The van der Waals surface area contributed by atoms with E-state index in [0.717, 1.165) is 15.8 Å². The molecule has 0 saturated heterocycles. The molecule has 0 bridgehead atoms. The number of aliphatic carboxylic acids is 1. The van der Waals surface area contributed by atoms with Crippen LogP contribution in [0, 0.1) is 0 Å². The molecule has 76 valence electrons. The monoisotopic (exact) mass is 219 g/mol. The van der Waals surface area contributed by atoms with Crippen LogP contribution in [0.1, 0.15) is 12.0 Å². The Hall–Kier alpha value is -1.68. The first-order valence-corrected chi connectivity index (χ1v) is 5.35. The highest BCUT2D eigenvalue weighted by atomic mass is 32.1. The molecule has 2 aromatic rings. The van der Waals surface area contributed by atoms with Gasteiger partial charge in [0.1, 0.15) is 0 Å². The molecule has 0 amide bonds. The van der Waals surface area contributed by atoms with Crippen molar-refractivity contribution in [1.29, 1.82) is 0 Å². The summed E-state index contributed by atoms with van der Waals surface area (Å²) >= 11 is 1.58. The molecule has 3 nitrogen and oxygen atoms in total. The van der Waals surface area contributed by atoms with Gasteiger partial charge in [-0.1, -0.05) is 18.2 Å². The van der Waals surface area contributed by atoms with Crippen LogP contribution >= 0.6 is 11.3 Å². The predicted molar refractivity (Wildman–Crippen MR) is 60.9 cm³/mol. The number of aromatic nitrogens is 1. The van der Waals surface area contributed by atoms with Gasteiger partial charge in [-0.25, -0.2) is 4.98 Å². The number of nitrogens with zero attached hydrogens (tertiary/aromatic N) is 1. The second kappa shape index (κ2) is 4.23. The second-order valence-electron chi connectivity index (χ2n) is 3.08. The molecule has 0 radical (unpaired) electrons. The van der Waals surface area contributed by atoms with Crippen molar-refractivity contribution in [3.05, 3.63) is 35.3 Å². The third-order valence-corrected chi connectivity index (χ3v) is 2.75. The van der Waals surface area contributed by atoms with Gasteiger partial charge in [0.2, 0.25) is 0 Å². The number of benzene rings is 1. The Morgan fingerprint density at radius 2 is 2.40 bits per heavy atom. The maximum Gasteiger partial charge on any atom is 0.307 e. The van der Waals surface area contributed by atoms with Crippen molar-refractivity contribution in [1.82, 2.24) is 4.98 Å². The highest BCUT2D eigenvalue weighted by Gasteiger charge is 1.96. The first-order valence-electron chi connectivity index (χ1n) is 4.47. The number of thiazole rings is 1. The van der Waals surface area contributed by atoms with Crippen molar-refractivity contribution in [3.63, 3.8) is 0 Å². The van der Waals surface area contributed by atoms with E-state index in [-0.39, 0.29) is 6.42 Å². The minimum absolute atomic E-state index is 0.0563. The van der Waals surface area contributed by atoms with Crippen LogP contribution in [0.2, 0.25) is 0 Å². The van der Waals surface area contributed by atoms with E-state index in [1.807, 2.05) is 24.3 Å². The van der Waals surface area contributed by atoms with Crippen molar-refractivity contribution in [2.75, 3.05) is 0 Å². The largest absolute Gasteiger partial charge is 0.481 e. The number of hydrogen-bond acceptors (Lipinski definition) is 3. The lowest BCUT2D eigenvalue weighted by molar-refractivity contribution is -0.135. The van der Waals surface area contributed by atoms with Crippen molar-refractivity contribution in [2.45, 2.75) is 6.42 Å². The smallest absolute Gasteiger partial charge is 0.307 e. The summed E-state index contributed by atoms with van der Waals surface area (Å²) in [6, 6.07) is 5.87. The van der Waals surface area contributed by atoms with E-state index in [1.165, 1.54) is 0 Å². The Morgan fingerprint density at radius 3 is 3.20 bits per heavy atom. The molecule has 1 aromatic heterocycles. The molecular weight excluding hydrogens is 210 g/mol. The summed E-state index contributed by atoms with van der Waals surface area (Å²) in [6.45, 7) is 0. The topological polar surface area (TPSA) is 50.2 Å². The molecule has 0 saturated carbocycles. The Balaban J connectivity index is 2.21. The molecule has 2 rings (SSSR count). The quantitative estimate of drug-likeness (QED) is 0.863. The van der Waals surface area contributed by atoms with Crippen LogP contribution in [0.4, 0.5) is 0 Å². The molecule has 0 spiro atoms. The van der Waals surface area contributed by atoms with Crippen molar-refractivity contribution in [2.24, 2.45) is 0 Å². The first-order chi connectivity index (χ1) is 7.25. The summed E-state index contributed by atoms with van der Waals surface area (Å²) in [7, 11) is 0. The zero-order valence-corrected chi connectivity index (χ0v) is 8.70. The van der Waals surface area contributed by atoms with E-state index in [4.69, 9.17) is 5.11 Å². The van der Waals surface area contributed by atoms with E-state index >= 15 is 0 Å². The van der Waals surface area contributed by atoms with Crippen LogP contribution in [-0.4, -0.2) is 16.1 Å². The number of carbonyl (C=O) groups is 1. The summed E-state index contributed by atoms with van der Waals surface area (Å²) in [4.78, 5) is 14.5. The Labute approximate surface area is 90.7 Å². The van der Waals surface area contributed by atoms with Crippen LogP contribution < -0.4 is 0 Å². The maximum atomic E-state index is 10.3. The maximum absolute atomic E-state index is 10.3. The van der Waals surface area contributed by atoms with Gasteiger partial charge in [0.25, 0.3) is 0 Å². The van der Waals surface area contributed by atoms with Crippen LogP contribution in [0.15, 0.2) is 29.8 Å². The van der Waals surface area contributed by atoms with Crippen molar-refractivity contribution < 1.29 is 9.90 Å². The minimum Gasteiger partial charge on any atom is -0.481 e. The highest BCUT2D eigenvalue weighted by Crippen LogP contribution is 2.19. The summed E-state index contributed by atoms with van der Waals surface area (Å²) < 4.78 is 1.12. The fourth-order valence-corrected chi connectivity index (χ4v) is 2.00. The van der Waals surface area contributed by atoms with Gasteiger partial charge in [0, 0.05) is 0 Å². The number of carboxylic acids is 1. The fourth-order valence-electron chi connectivity index (χ4n) is 1.27. The SMILES string of the molecule is O=C(O)CC=Cc1ccc2ncsc2c1. The van der Waals surface area contributed by atoms with Crippen LogP contribution in [-0.2, 0) is 4.79 Å². The molecule has 0 atom stereocenters. The van der Waals surface area contributed by atoms with Gasteiger partial charge in [-0.3, -0.25) is 4.79 Å². The molecule has 4 heteroatoms. The molecule has 1 N–H and O–H groups in total. The standard InChI is InChI=1S/C11H9NO2S/c13-11(14)3-1-2-8-4-5-9-10(6-8)15-7-12-9/h1-2,4-7H,3H2,(H,13,14). The summed E-state index contributed by atoms with van der Waals surface area (Å²) in [5.74, 6) is -0.815. The molecular formula is C11H9NO2S. The molecule has 0 fully saturated rings. The van der Waals surface area contributed by atoms with E-state index in [2.05, 4.69) is 4.98 Å². The lowest BCUT2D eigenvalue weighted by Crippen LogP contribution is -1.89. The Kier molecular flexibility index (Phi) is 2.78. The Morgan fingerprint density at radius 1 is 1.53 bits per heavy atom. The second-order valence-corrected chi connectivity index (χ2v) is 3.97. The van der Waals surface area contributed by atoms with Crippen LogP contribution in [0.3, 0.4) is 0 Å². The minimum atomic E-state index is -0.815. The zero-order valence-electron chi connectivity index (χ0n) is 7.88. The van der Waals surface area contributed by atoms with E-state index in [9.17, 15) is 4.79 Å². The van der Waals surface area contributed by atoms with Gasteiger partial charge >= 0.3 is 5.97 Å². The third-order valence-electron chi connectivity index (χ3n) is 1.96. The lowest BCUT2D eigenvalue weighted by atomic mass is 10.2. The molecule has 0 aliphatic carbocycles. The number of fused-ring (bicyclic) bond motifs is 1. The third kappa shape index (κ3) is 2.41. The summed E-state index contributed by atoms with van der Waals surface area (Å²) in [6.07, 6.45) is 3.51. The fraction of sp³-hybridized carbons (Fsp3) is 0.0909. The Bertz CT molecular complexity index is 516. The number of rotatable bonds is 3. The van der Waals surface area contributed by atoms with Crippen molar-refractivity contribution in [3.8, 4) is 0 Å². The van der Waals surface area contributed by atoms with Crippen LogP contribution in [0.5, 0.6) is 0 Å². The summed E-state index contributed by atoms with van der Waals surface area (Å²) in [5, 5.41) is 8.47. The summed E-state index contributed by atoms with van der Waals surface area (Å²) in [5.41, 5.74) is 3.79. The molecule has 0 aliphatic rings. The van der Waals surface area contributed by atoms with Gasteiger partial charge < -0.3 is 5.11 Å². The van der Waals surface area contributed by atoms with Gasteiger partial charge in [-0.15, -0.1) is 11.3 Å². The number of carboxylic acid groups (broad SMARTS) is 1. The molecule has 1 heterocycles. The van der Waals surface area contributed by atoms with E-state index in [0.29, 0.717) is 0 Å².